The highest BCUT2D eigenvalue weighted by Crippen LogP contribution is 2.29. The molecule has 0 amide bonds. The minimum atomic E-state index is -1.17. The molecule has 0 bridgehead atoms. The number of esters is 1. The zero-order valence-electron chi connectivity index (χ0n) is 8.99. The summed E-state index contributed by atoms with van der Waals surface area (Å²) >= 11 is 0. The van der Waals surface area contributed by atoms with Crippen molar-refractivity contribution in [2.24, 2.45) is 0 Å². The quantitative estimate of drug-likeness (QED) is 0.460. The van der Waals surface area contributed by atoms with E-state index in [1.807, 2.05) is 0 Å². The maximum atomic E-state index is 10.9. The van der Waals surface area contributed by atoms with Crippen LogP contribution in [0.3, 0.4) is 0 Å². The Morgan fingerprint density at radius 3 is 2.71 bits per heavy atom. The summed E-state index contributed by atoms with van der Waals surface area (Å²) in [6.45, 7) is 0. The van der Waals surface area contributed by atoms with Gasteiger partial charge in [0.15, 0.2) is 5.75 Å². The van der Waals surface area contributed by atoms with Crippen molar-refractivity contribution >= 4 is 11.7 Å². The van der Waals surface area contributed by atoms with Gasteiger partial charge in [0.1, 0.15) is 0 Å². The number of hydrogen-bond acceptors (Lipinski definition) is 6. The number of nitro benzene ring substituents is 1. The molecule has 17 heavy (non-hydrogen) atoms. The number of benzene rings is 1. The van der Waals surface area contributed by atoms with Gasteiger partial charge in [0.05, 0.1) is 24.6 Å². The fourth-order valence-corrected chi connectivity index (χ4v) is 1.26. The molecule has 0 heterocycles. The summed E-state index contributed by atoms with van der Waals surface area (Å²) in [6.07, 6.45) is -1.46. The monoisotopic (exact) mass is 241 g/mol. The molecule has 0 saturated carbocycles. The summed E-state index contributed by atoms with van der Waals surface area (Å²) in [5.74, 6) is -1.17. The number of rotatable bonds is 4. The average molecular weight is 241 g/mol. The van der Waals surface area contributed by atoms with Crippen LogP contribution in [-0.2, 0) is 9.53 Å². The van der Waals surface area contributed by atoms with Crippen LogP contribution in [0.5, 0.6) is 5.75 Å². The Bertz CT molecular complexity index is 444. The maximum Gasteiger partial charge on any atom is 0.310 e. The maximum absolute atomic E-state index is 10.9. The first-order chi connectivity index (χ1) is 7.95. The second kappa shape index (κ2) is 5.26. The smallest absolute Gasteiger partial charge is 0.310 e. The molecule has 0 radical (unpaired) electrons. The topological polar surface area (TPSA) is 110 Å². The van der Waals surface area contributed by atoms with Crippen molar-refractivity contribution in [1.82, 2.24) is 0 Å². The van der Waals surface area contributed by atoms with Crippen molar-refractivity contribution in [2.75, 3.05) is 7.11 Å². The van der Waals surface area contributed by atoms with Gasteiger partial charge in [-0.15, -0.1) is 0 Å². The van der Waals surface area contributed by atoms with Gasteiger partial charge in [-0.1, -0.05) is 0 Å². The third-order valence-electron chi connectivity index (χ3n) is 2.17. The standard InChI is InChI=1S/C10H11NO6/c1-17-10(14)5-8(12)6-2-3-7(11(15)16)9(13)4-6/h2-4,8,12-13H,5H2,1H3/t8-/m0/s1. The van der Waals surface area contributed by atoms with E-state index in [9.17, 15) is 25.1 Å². The largest absolute Gasteiger partial charge is 0.502 e. The highest BCUT2D eigenvalue weighted by molar-refractivity contribution is 5.70. The summed E-state index contributed by atoms with van der Waals surface area (Å²) in [5.41, 5.74) is -0.252. The molecule has 2 N–H and O–H groups in total. The highest BCUT2D eigenvalue weighted by Gasteiger charge is 2.18. The van der Waals surface area contributed by atoms with Crippen LogP contribution in [0.15, 0.2) is 18.2 Å². The number of phenolic OH excluding ortho intramolecular Hbond substituents is 1. The van der Waals surface area contributed by atoms with Crippen LogP contribution in [0.4, 0.5) is 5.69 Å². The lowest BCUT2D eigenvalue weighted by Gasteiger charge is -2.09. The normalized spacial score (nSPS) is 11.9. The summed E-state index contributed by atoms with van der Waals surface area (Å²) in [6, 6.07) is 3.38. The van der Waals surface area contributed by atoms with Crippen LogP contribution in [0, 0.1) is 10.1 Å². The number of aliphatic hydroxyl groups is 1. The van der Waals surface area contributed by atoms with Crippen LogP contribution in [0.2, 0.25) is 0 Å². The van der Waals surface area contributed by atoms with E-state index in [1.165, 1.54) is 13.2 Å². The number of carbonyl (C=O) groups excluding carboxylic acids is 1. The molecular formula is C10H11NO6. The van der Waals surface area contributed by atoms with E-state index < -0.39 is 28.4 Å². The average Bonchev–Trinajstić information content (AvgIpc) is 2.28. The lowest BCUT2D eigenvalue weighted by Crippen LogP contribution is -2.08. The Balaban J connectivity index is 2.89. The number of ether oxygens (including phenoxy) is 1. The van der Waals surface area contributed by atoms with Gasteiger partial charge >= 0.3 is 11.7 Å². The Hall–Kier alpha value is -2.15. The van der Waals surface area contributed by atoms with Gasteiger partial charge in [0, 0.05) is 6.07 Å². The number of phenols is 1. The fraction of sp³-hybridized carbons (Fsp3) is 0.300. The van der Waals surface area contributed by atoms with Crippen LogP contribution >= 0.6 is 0 Å². The molecule has 1 aromatic rings. The molecule has 92 valence electrons. The van der Waals surface area contributed by atoms with E-state index >= 15 is 0 Å². The third kappa shape index (κ3) is 3.15. The van der Waals surface area contributed by atoms with Gasteiger partial charge < -0.3 is 14.9 Å². The molecule has 0 fully saturated rings. The van der Waals surface area contributed by atoms with Crippen molar-refractivity contribution in [3.63, 3.8) is 0 Å². The highest BCUT2D eigenvalue weighted by atomic mass is 16.6. The van der Waals surface area contributed by atoms with Gasteiger partial charge in [0.2, 0.25) is 0 Å². The molecule has 0 aliphatic rings. The van der Waals surface area contributed by atoms with E-state index in [4.69, 9.17) is 0 Å². The fourth-order valence-electron chi connectivity index (χ4n) is 1.26. The summed E-state index contributed by atoms with van der Waals surface area (Å²) in [5, 5.41) is 29.4. The third-order valence-corrected chi connectivity index (χ3v) is 2.17. The molecule has 0 aliphatic heterocycles. The lowest BCUT2D eigenvalue weighted by molar-refractivity contribution is -0.385. The molecule has 0 spiro atoms. The molecule has 0 aliphatic carbocycles. The van der Waals surface area contributed by atoms with Crippen LogP contribution < -0.4 is 0 Å². The molecule has 1 atom stereocenters. The van der Waals surface area contributed by atoms with Crippen molar-refractivity contribution < 1.29 is 24.7 Å². The first-order valence-corrected chi connectivity index (χ1v) is 4.68. The zero-order valence-corrected chi connectivity index (χ0v) is 8.99. The van der Waals surface area contributed by atoms with Crippen molar-refractivity contribution in [2.45, 2.75) is 12.5 Å². The number of aliphatic hydroxyl groups excluding tert-OH is 1. The Morgan fingerprint density at radius 2 is 2.24 bits per heavy atom. The first kappa shape index (κ1) is 12.9. The summed E-state index contributed by atoms with van der Waals surface area (Å²) < 4.78 is 4.36. The first-order valence-electron chi connectivity index (χ1n) is 4.68. The summed E-state index contributed by atoms with van der Waals surface area (Å²) in [4.78, 5) is 20.6. The van der Waals surface area contributed by atoms with Gasteiger partial charge in [-0.25, -0.2) is 0 Å². The SMILES string of the molecule is COC(=O)C[C@H](O)c1ccc([N+](=O)[O-])c(O)c1. The minimum absolute atomic E-state index is 0.207. The second-order valence-electron chi connectivity index (χ2n) is 3.30. The summed E-state index contributed by atoms with van der Waals surface area (Å²) in [7, 11) is 1.18. The van der Waals surface area contributed by atoms with E-state index in [-0.39, 0.29) is 12.0 Å². The van der Waals surface area contributed by atoms with Gasteiger partial charge in [-0.05, 0) is 17.7 Å². The van der Waals surface area contributed by atoms with Crippen LogP contribution in [-0.4, -0.2) is 28.2 Å². The zero-order chi connectivity index (χ0) is 13.0. The van der Waals surface area contributed by atoms with Gasteiger partial charge in [-0.2, -0.15) is 0 Å². The Kier molecular flexibility index (Phi) is 4.00. The lowest BCUT2D eigenvalue weighted by atomic mass is 10.1. The van der Waals surface area contributed by atoms with Crippen molar-refractivity contribution in [1.29, 1.82) is 0 Å². The van der Waals surface area contributed by atoms with Crippen molar-refractivity contribution in [3.05, 3.63) is 33.9 Å². The number of hydrogen-bond donors (Lipinski definition) is 2. The molecule has 7 nitrogen and oxygen atoms in total. The molecule has 0 unspecified atom stereocenters. The van der Waals surface area contributed by atoms with Gasteiger partial charge in [0.25, 0.3) is 0 Å². The van der Waals surface area contributed by atoms with Crippen LogP contribution in [0.1, 0.15) is 18.1 Å². The van der Waals surface area contributed by atoms with Crippen molar-refractivity contribution in [3.8, 4) is 5.75 Å². The second-order valence-corrected chi connectivity index (χ2v) is 3.30. The van der Waals surface area contributed by atoms with E-state index in [0.29, 0.717) is 0 Å². The number of aromatic hydroxyl groups is 1. The molecule has 0 aromatic heterocycles. The Morgan fingerprint density at radius 1 is 1.59 bits per heavy atom. The number of methoxy groups -OCH3 is 1. The molecule has 1 aromatic carbocycles. The molecule has 0 saturated heterocycles. The van der Waals surface area contributed by atoms with E-state index in [1.54, 1.807) is 0 Å². The number of nitrogens with zero attached hydrogens (tertiary/aromatic N) is 1. The number of carbonyl (C=O) groups is 1. The molecular weight excluding hydrogens is 230 g/mol. The minimum Gasteiger partial charge on any atom is -0.502 e. The Labute approximate surface area is 96.4 Å². The predicted molar refractivity (Wildman–Crippen MR) is 56.4 cm³/mol. The van der Waals surface area contributed by atoms with E-state index in [0.717, 1.165) is 12.1 Å². The molecule has 7 heteroatoms. The van der Waals surface area contributed by atoms with Crippen LogP contribution in [0.25, 0.3) is 0 Å². The van der Waals surface area contributed by atoms with Gasteiger partial charge in [-0.3, -0.25) is 14.9 Å². The molecule has 1 rings (SSSR count). The van der Waals surface area contributed by atoms with E-state index in [2.05, 4.69) is 4.74 Å². The number of nitro groups is 1. The predicted octanol–water partition coefficient (Wildman–Crippen LogP) is 0.897.